The molecule has 0 saturated heterocycles. The van der Waals surface area contributed by atoms with Gasteiger partial charge in [0.05, 0.1) is 0 Å². The zero-order valence-corrected chi connectivity index (χ0v) is 10.1. The van der Waals surface area contributed by atoms with E-state index in [-0.39, 0.29) is 11.8 Å². The van der Waals surface area contributed by atoms with E-state index in [9.17, 15) is 5.11 Å². The average Bonchev–Trinajstić information content (AvgIpc) is 2.38. The number of rotatable bonds is 3. The van der Waals surface area contributed by atoms with Gasteiger partial charge in [-0.3, -0.25) is 0 Å². The Morgan fingerprint density at radius 2 is 1.88 bits per heavy atom. The minimum Gasteiger partial charge on any atom is -0.380 e. The highest BCUT2D eigenvalue weighted by Gasteiger charge is 2.15. The predicted octanol–water partition coefficient (Wildman–Crippen LogP) is 1.26. The molecule has 0 spiro atoms. The van der Waals surface area contributed by atoms with Crippen LogP contribution in [0.15, 0.2) is 35.5 Å². The summed E-state index contributed by atoms with van der Waals surface area (Å²) in [5, 5.41) is 10.6. The second kappa shape index (κ2) is 5.11. The van der Waals surface area contributed by atoms with E-state index >= 15 is 0 Å². The molecule has 88 valence electrons. The fraction of sp³-hybridized carbons (Fsp3) is 0.182. The van der Waals surface area contributed by atoms with Crippen LogP contribution >= 0.6 is 11.8 Å². The topological polar surface area (TPSA) is 84.9 Å². The molecule has 6 heteroatoms. The highest BCUT2D eigenvalue weighted by molar-refractivity contribution is 7.98. The molecule has 1 unspecified atom stereocenters. The summed E-state index contributed by atoms with van der Waals surface area (Å²) in [7, 11) is 0. The number of benzene rings is 1. The maximum Gasteiger partial charge on any atom is 0.224 e. The van der Waals surface area contributed by atoms with E-state index in [1.165, 1.54) is 11.8 Å². The first-order valence-electron chi connectivity index (χ1n) is 4.99. The number of hydrogen-bond donors (Lipinski definition) is 2. The maximum absolute atomic E-state index is 10.1. The normalized spacial score (nSPS) is 12.4. The summed E-state index contributed by atoms with van der Waals surface area (Å²) < 4.78 is 0. The number of anilines is 1. The van der Waals surface area contributed by atoms with Gasteiger partial charge in [-0.25, -0.2) is 4.98 Å². The lowest BCUT2D eigenvalue weighted by atomic mass is 10.1. The van der Waals surface area contributed by atoms with Gasteiger partial charge >= 0.3 is 0 Å². The second-order valence-electron chi connectivity index (χ2n) is 3.35. The van der Waals surface area contributed by atoms with Gasteiger partial charge in [0.15, 0.2) is 11.0 Å². The molecular formula is C11H12N4OS. The Labute approximate surface area is 103 Å². The summed E-state index contributed by atoms with van der Waals surface area (Å²) in [6.45, 7) is 0. The molecule has 1 aromatic heterocycles. The molecule has 0 radical (unpaired) electrons. The van der Waals surface area contributed by atoms with Gasteiger partial charge in [-0.05, 0) is 11.8 Å². The van der Waals surface area contributed by atoms with E-state index in [4.69, 9.17) is 5.73 Å². The van der Waals surface area contributed by atoms with Crippen molar-refractivity contribution in [3.8, 4) is 0 Å². The number of nitrogens with zero attached hydrogens (tertiary/aromatic N) is 3. The van der Waals surface area contributed by atoms with Crippen LogP contribution in [0.3, 0.4) is 0 Å². The summed E-state index contributed by atoms with van der Waals surface area (Å²) in [4.78, 5) is 12.0. The molecule has 0 aliphatic carbocycles. The molecule has 5 nitrogen and oxygen atoms in total. The Balaban J connectivity index is 2.37. The number of aromatic nitrogens is 3. The zero-order valence-electron chi connectivity index (χ0n) is 9.24. The molecule has 0 aliphatic heterocycles. The average molecular weight is 248 g/mol. The Kier molecular flexibility index (Phi) is 3.55. The molecule has 17 heavy (non-hydrogen) atoms. The second-order valence-corrected chi connectivity index (χ2v) is 4.13. The van der Waals surface area contributed by atoms with Crippen molar-refractivity contribution in [3.05, 3.63) is 41.7 Å². The van der Waals surface area contributed by atoms with Crippen LogP contribution in [0.5, 0.6) is 0 Å². The minimum atomic E-state index is -0.882. The van der Waals surface area contributed by atoms with E-state index in [0.29, 0.717) is 5.16 Å². The molecule has 0 amide bonds. The number of aliphatic hydroxyl groups is 1. The Morgan fingerprint density at radius 3 is 2.53 bits per heavy atom. The summed E-state index contributed by atoms with van der Waals surface area (Å²) in [5.41, 5.74) is 6.29. The SMILES string of the molecule is CSc1nc(N)nc(C(O)c2ccccc2)n1. The minimum absolute atomic E-state index is 0.120. The molecule has 0 aliphatic rings. The van der Waals surface area contributed by atoms with Gasteiger partial charge in [0.25, 0.3) is 0 Å². The third-order valence-electron chi connectivity index (χ3n) is 2.19. The van der Waals surface area contributed by atoms with Crippen molar-refractivity contribution in [1.82, 2.24) is 15.0 Å². The summed E-state index contributed by atoms with van der Waals surface area (Å²) >= 11 is 1.36. The van der Waals surface area contributed by atoms with Crippen molar-refractivity contribution in [1.29, 1.82) is 0 Å². The van der Waals surface area contributed by atoms with Gasteiger partial charge in [0, 0.05) is 0 Å². The predicted molar refractivity (Wildman–Crippen MR) is 66.5 cm³/mol. The van der Waals surface area contributed by atoms with Crippen molar-refractivity contribution in [3.63, 3.8) is 0 Å². The molecule has 1 heterocycles. The van der Waals surface area contributed by atoms with Crippen molar-refractivity contribution in [2.24, 2.45) is 0 Å². The van der Waals surface area contributed by atoms with Gasteiger partial charge in [0.2, 0.25) is 5.95 Å². The highest BCUT2D eigenvalue weighted by Crippen LogP contribution is 2.20. The van der Waals surface area contributed by atoms with Crippen LogP contribution in [0.2, 0.25) is 0 Å². The quantitative estimate of drug-likeness (QED) is 0.795. The van der Waals surface area contributed by atoms with Crippen molar-refractivity contribution < 1.29 is 5.11 Å². The van der Waals surface area contributed by atoms with Crippen LogP contribution in [0.25, 0.3) is 0 Å². The van der Waals surface area contributed by atoms with Crippen LogP contribution in [0.1, 0.15) is 17.5 Å². The van der Waals surface area contributed by atoms with Gasteiger partial charge in [0.1, 0.15) is 6.10 Å². The standard InChI is InChI=1S/C11H12N4OS/c1-17-11-14-9(13-10(12)15-11)8(16)7-5-3-2-4-6-7/h2-6,8,16H,1H3,(H2,12,13,14,15). The van der Waals surface area contributed by atoms with Crippen LogP contribution in [0, 0.1) is 0 Å². The summed E-state index contributed by atoms with van der Waals surface area (Å²) in [5.74, 6) is 0.391. The van der Waals surface area contributed by atoms with Crippen LogP contribution in [0.4, 0.5) is 5.95 Å². The molecule has 0 saturated carbocycles. The monoisotopic (exact) mass is 248 g/mol. The van der Waals surface area contributed by atoms with E-state index in [1.807, 2.05) is 36.6 Å². The first-order chi connectivity index (χ1) is 8.20. The number of hydrogen-bond acceptors (Lipinski definition) is 6. The Bertz CT molecular complexity index is 506. The van der Waals surface area contributed by atoms with Gasteiger partial charge in [-0.2, -0.15) is 9.97 Å². The smallest absolute Gasteiger partial charge is 0.224 e. The lowest BCUT2D eigenvalue weighted by Gasteiger charge is -2.10. The third-order valence-corrected chi connectivity index (χ3v) is 2.74. The molecular weight excluding hydrogens is 236 g/mol. The Hall–Kier alpha value is -1.66. The molecule has 3 N–H and O–H groups in total. The largest absolute Gasteiger partial charge is 0.380 e. The molecule has 0 fully saturated rings. The molecule has 1 aromatic carbocycles. The van der Waals surface area contributed by atoms with Crippen molar-refractivity contribution in [2.75, 3.05) is 12.0 Å². The number of nitrogen functional groups attached to an aromatic ring is 1. The zero-order chi connectivity index (χ0) is 12.3. The van der Waals surface area contributed by atoms with Gasteiger partial charge in [-0.1, -0.05) is 42.1 Å². The summed E-state index contributed by atoms with van der Waals surface area (Å²) in [6.07, 6.45) is 0.959. The van der Waals surface area contributed by atoms with Crippen LogP contribution in [-0.2, 0) is 0 Å². The maximum atomic E-state index is 10.1. The fourth-order valence-electron chi connectivity index (χ4n) is 1.39. The molecule has 1 atom stereocenters. The molecule has 0 bridgehead atoms. The summed E-state index contributed by atoms with van der Waals surface area (Å²) in [6, 6.07) is 9.19. The van der Waals surface area contributed by atoms with E-state index < -0.39 is 6.10 Å². The van der Waals surface area contributed by atoms with Crippen molar-refractivity contribution >= 4 is 17.7 Å². The molecule has 2 rings (SSSR count). The van der Waals surface area contributed by atoms with Crippen LogP contribution < -0.4 is 5.73 Å². The Morgan fingerprint density at radius 1 is 1.18 bits per heavy atom. The van der Waals surface area contributed by atoms with E-state index in [1.54, 1.807) is 0 Å². The van der Waals surface area contributed by atoms with E-state index in [0.717, 1.165) is 5.56 Å². The van der Waals surface area contributed by atoms with E-state index in [2.05, 4.69) is 15.0 Å². The molecule has 2 aromatic rings. The van der Waals surface area contributed by atoms with Crippen LogP contribution in [-0.4, -0.2) is 26.3 Å². The van der Waals surface area contributed by atoms with Gasteiger partial charge in [-0.15, -0.1) is 0 Å². The third kappa shape index (κ3) is 2.72. The first kappa shape index (κ1) is 11.8. The number of aliphatic hydroxyl groups excluding tert-OH is 1. The number of thioether (sulfide) groups is 1. The fourth-order valence-corrected chi connectivity index (χ4v) is 1.76. The number of nitrogens with two attached hydrogens (primary N) is 1. The van der Waals surface area contributed by atoms with Gasteiger partial charge < -0.3 is 10.8 Å². The lowest BCUT2D eigenvalue weighted by molar-refractivity contribution is 0.208. The van der Waals surface area contributed by atoms with Crippen molar-refractivity contribution in [2.45, 2.75) is 11.3 Å². The first-order valence-corrected chi connectivity index (χ1v) is 6.21. The highest BCUT2D eigenvalue weighted by atomic mass is 32.2. The lowest BCUT2D eigenvalue weighted by Crippen LogP contribution is -2.09.